The highest BCUT2D eigenvalue weighted by atomic mass is 35.5. The van der Waals surface area contributed by atoms with Crippen LogP contribution in [0.25, 0.3) is 17.4 Å². The Morgan fingerprint density at radius 2 is 1.73 bits per heavy atom. The second-order valence-electron chi connectivity index (χ2n) is 8.34. The van der Waals surface area contributed by atoms with Gasteiger partial charge in [-0.2, -0.15) is 0 Å². The van der Waals surface area contributed by atoms with Crippen molar-refractivity contribution in [2.24, 2.45) is 4.99 Å². The van der Waals surface area contributed by atoms with Gasteiger partial charge in [-0.3, -0.25) is 19.8 Å². The topological polar surface area (TPSA) is 89.0 Å². The summed E-state index contributed by atoms with van der Waals surface area (Å²) in [6.07, 6.45) is 1.64. The Bertz CT molecular complexity index is 1570. The zero-order valence-electron chi connectivity index (χ0n) is 19.8. The lowest BCUT2D eigenvalue weighted by Crippen LogP contribution is -2.28. The van der Waals surface area contributed by atoms with Crippen molar-refractivity contribution >= 4 is 57.6 Å². The number of aliphatic imine (C=N–C) groups is 1. The number of rotatable bonds is 5. The highest BCUT2D eigenvalue weighted by Crippen LogP contribution is 2.39. The van der Waals surface area contributed by atoms with Gasteiger partial charge in [-0.1, -0.05) is 48.0 Å². The van der Waals surface area contributed by atoms with Crippen molar-refractivity contribution in [2.45, 2.75) is 13.8 Å². The molecule has 0 radical (unpaired) electrons. The minimum atomic E-state index is -0.491. The molecule has 0 saturated carbocycles. The average Bonchev–Trinajstić information content (AvgIpc) is 3.46. The molecule has 9 heteroatoms. The number of nitrogens with zero attached hydrogens (tertiary/aromatic N) is 3. The van der Waals surface area contributed by atoms with E-state index in [9.17, 15) is 14.9 Å². The Labute approximate surface area is 222 Å². The van der Waals surface area contributed by atoms with E-state index in [1.807, 2.05) is 62.4 Å². The summed E-state index contributed by atoms with van der Waals surface area (Å²) in [4.78, 5) is 31.1. The van der Waals surface area contributed by atoms with Gasteiger partial charge in [0.15, 0.2) is 5.17 Å². The molecule has 0 unspecified atom stereocenters. The summed E-state index contributed by atoms with van der Waals surface area (Å²) >= 11 is 7.52. The quantitative estimate of drug-likeness (QED) is 0.149. The van der Waals surface area contributed by atoms with Gasteiger partial charge >= 0.3 is 0 Å². The van der Waals surface area contributed by atoms with E-state index < -0.39 is 4.92 Å². The Morgan fingerprint density at radius 1 is 1.00 bits per heavy atom. The van der Waals surface area contributed by atoms with Crippen molar-refractivity contribution in [3.05, 3.63) is 116 Å². The number of carbonyl (C=O) groups excluding carboxylic acids is 1. The minimum absolute atomic E-state index is 0.0944. The predicted molar refractivity (Wildman–Crippen MR) is 148 cm³/mol. The number of furan rings is 1. The van der Waals surface area contributed by atoms with Crippen molar-refractivity contribution in [2.75, 3.05) is 4.90 Å². The number of carbonyl (C=O) groups is 1. The number of nitro groups is 1. The standard InChI is InChI=1S/C28H20ClN3O4S/c1-17-7-6-8-18(2)26(17)30-28-31(19-9-4-3-5-10-19)27(33)25(37-28)16-21-12-14-24(36-21)22-15-20(32(34)35)11-13-23(22)29/h3-16H,1-2H3. The summed E-state index contributed by atoms with van der Waals surface area (Å²) in [6.45, 7) is 3.97. The van der Waals surface area contributed by atoms with Crippen LogP contribution in [0.4, 0.5) is 17.1 Å². The number of benzene rings is 3. The van der Waals surface area contributed by atoms with Crippen molar-refractivity contribution in [3.63, 3.8) is 0 Å². The Kier molecular flexibility index (Phi) is 6.69. The molecule has 4 aromatic rings. The SMILES string of the molecule is Cc1cccc(C)c1N=C1SC(=Cc2ccc(-c3cc([N+](=O)[O-])ccc3Cl)o2)C(=O)N1c1ccccc1. The third-order valence-electron chi connectivity index (χ3n) is 5.79. The number of amides is 1. The fraction of sp³-hybridized carbons (Fsp3) is 0.0714. The Hall–Kier alpha value is -4.14. The van der Waals surface area contributed by atoms with Crippen LogP contribution in [0.1, 0.15) is 16.9 Å². The molecule has 7 nitrogen and oxygen atoms in total. The van der Waals surface area contributed by atoms with E-state index in [-0.39, 0.29) is 11.6 Å². The average molecular weight is 530 g/mol. The first-order valence-corrected chi connectivity index (χ1v) is 12.5. The molecule has 1 saturated heterocycles. The Balaban J connectivity index is 1.54. The van der Waals surface area contributed by atoms with Crippen LogP contribution in [0, 0.1) is 24.0 Å². The molecule has 0 bridgehead atoms. The largest absolute Gasteiger partial charge is 0.457 e. The van der Waals surface area contributed by atoms with E-state index >= 15 is 0 Å². The zero-order chi connectivity index (χ0) is 26.1. The molecule has 1 aromatic heterocycles. The molecule has 37 heavy (non-hydrogen) atoms. The van der Waals surface area contributed by atoms with Gasteiger partial charge in [0.1, 0.15) is 11.5 Å². The number of aryl methyl sites for hydroxylation is 2. The molecule has 1 amide bonds. The summed E-state index contributed by atoms with van der Waals surface area (Å²) in [5.41, 5.74) is 3.85. The zero-order valence-corrected chi connectivity index (χ0v) is 21.4. The number of amidine groups is 1. The first kappa shape index (κ1) is 24.5. The van der Waals surface area contributed by atoms with Crippen molar-refractivity contribution < 1.29 is 14.1 Å². The summed E-state index contributed by atoms with van der Waals surface area (Å²) in [6, 6.07) is 22.8. The van der Waals surface area contributed by atoms with Crippen LogP contribution in [0.2, 0.25) is 5.02 Å². The van der Waals surface area contributed by atoms with E-state index in [0.717, 1.165) is 16.8 Å². The first-order chi connectivity index (χ1) is 17.8. The maximum absolute atomic E-state index is 13.5. The molecule has 0 spiro atoms. The molecular weight excluding hydrogens is 510 g/mol. The lowest BCUT2D eigenvalue weighted by molar-refractivity contribution is -0.384. The lowest BCUT2D eigenvalue weighted by Gasteiger charge is -2.16. The summed E-state index contributed by atoms with van der Waals surface area (Å²) < 4.78 is 5.92. The van der Waals surface area contributed by atoms with Gasteiger partial charge in [-0.05, 0) is 67.1 Å². The third-order valence-corrected chi connectivity index (χ3v) is 7.09. The Morgan fingerprint density at radius 3 is 2.43 bits per heavy atom. The van der Waals surface area contributed by atoms with Crippen LogP contribution in [0.15, 0.2) is 93.2 Å². The van der Waals surface area contributed by atoms with E-state index in [1.54, 1.807) is 23.1 Å². The highest BCUT2D eigenvalue weighted by Gasteiger charge is 2.35. The van der Waals surface area contributed by atoms with E-state index in [1.165, 1.54) is 30.0 Å². The number of anilines is 1. The molecule has 5 rings (SSSR count). The second-order valence-corrected chi connectivity index (χ2v) is 9.76. The van der Waals surface area contributed by atoms with Gasteiger partial charge in [0.05, 0.1) is 26.2 Å². The van der Waals surface area contributed by atoms with Gasteiger partial charge in [0.25, 0.3) is 11.6 Å². The summed E-state index contributed by atoms with van der Waals surface area (Å²) in [5.74, 6) is 0.544. The summed E-state index contributed by atoms with van der Waals surface area (Å²) in [5, 5.41) is 12.0. The fourth-order valence-corrected chi connectivity index (χ4v) is 5.13. The molecule has 2 heterocycles. The van der Waals surface area contributed by atoms with Crippen molar-refractivity contribution in [3.8, 4) is 11.3 Å². The van der Waals surface area contributed by atoms with Gasteiger partial charge in [0, 0.05) is 23.8 Å². The lowest BCUT2D eigenvalue weighted by atomic mass is 10.1. The fourth-order valence-electron chi connectivity index (χ4n) is 3.95. The highest BCUT2D eigenvalue weighted by molar-refractivity contribution is 8.19. The van der Waals surface area contributed by atoms with Gasteiger partial charge in [-0.25, -0.2) is 4.99 Å². The van der Waals surface area contributed by atoms with Crippen LogP contribution < -0.4 is 4.90 Å². The van der Waals surface area contributed by atoms with Crippen molar-refractivity contribution in [1.29, 1.82) is 0 Å². The number of halogens is 1. The monoisotopic (exact) mass is 529 g/mol. The molecule has 184 valence electrons. The third kappa shape index (κ3) is 4.94. The molecule has 1 aliphatic rings. The summed E-state index contributed by atoms with van der Waals surface area (Å²) in [7, 11) is 0. The number of thioether (sulfide) groups is 1. The van der Waals surface area contributed by atoms with Crippen LogP contribution in [-0.2, 0) is 4.79 Å². The number of para-hydroxylation sites is 2. The predicted octanol–water partition coefficient (Wildman–Crippen LogP) is 7.93. The minimum Gasteiger partial charge on any atom is -0.457 e. The van der Waals surface area contributed by atoms with Gasteiger partial charge in [-0.15, -0.1) is 0 Å². The van der Waals surface area contributed by atoms with Crippen LogP contribution >= 0.6 is 23.4 Å². The molecular formula is C28H20ClN3O4S. The van der Waals surface area contributed by atoms with Crippen molar-refractivity contribution in [1.82, 2.24) is 0 Å². The number of nitro benzene ring substituents is 1. The van der Waals surface area contributed by atoms with Crippen LogP contribution in [0.5, 0.6) is 0 Å². The first-order valence-electron chi connectivity index (χ1n) is 11.3. The maximum Gasteiger partial charge on any atom is 0.271 e. The van der Waals surface area contributed by atoms with Gasteiger partial charge in [0.2, 0.25) is 0 Å². The molecule has 1 aliphatic heterocycles. The van der Waals surface area contributed by atoms with E-state index in [0.29, 0.717) is 37.9 Å². The molecule has 0 aliphatic carbocycles. The second kappa shape index (κ2) is 10.1. The maximum atomic E-state index is 13.5. The van der Waals surface area contributed by atoms with Crippen LogP contribution in [0.3, 0.4) is 0 Å². The molecule has 0 N–H and O–H groups in total. The van der Waals surface area contributed by atoms with Gasteiger partial charge < -0.3 is 4.42 Å². The number of hydrogen-bond donors (Lipinski definition) is 0. The van der Waals surface area contributed by atoms with E-state index in [4.69, 9.17) is 21.0 Å². The number of non-ortho nitro benzene ring substituents is 1. The molecule has 3 aromatic carbocycles. The smallest absolute Gasteiger partial charge is 0.271 e. The number of hydrogen-bond acceptors (Lipinski definition) is 6. The van der Waals surface area contributed by atoms with E-state index in [2.05, 4.69) is 0 Å². The molecule has 1 fully saturated rings. The normalized spacial score (nSPS) is 15.6. The molecule has 0 atom stereocenters. The van der Waals surface area contributed by atoms with Crippen LogP contribution in [-0.4, -0.2) is 16.0 Å².